The van der Waals surface area contributed by atoms with E-state index in [4.69, 9.17) is 0 Å². The lowest BCUT2D eigenvalue weighted by Gasteiger charge is -2.16. The number of pyridine rings is 1. The van der Waals surface area contributed by atoms with Crippen LogP contribution in [0, 0.1) is 5.92 Å². The van der Waals surface area contributed by atoms with Crippen molar-refractivity contribution in [1.29, 1.82) is 0 Å². The van der Waals surface area contributed by atoms with Crippen molar-refractivity contribution in [1.82, 2.24) is 4.98 Å². The lowest BCUT2D eigenvalue weighted by Crippen LogP contribution is -2.24. The van der Waals surface area contributed by atoms with Crippen molar-refractivity contribution in [2.24, 2.45) is 5.92 Å². The van der Waals surface area contributed by atoms with E-state index in [1.807, 2.05) is 33.0 Å². The summed E-state index contributed by atoms with van der Waals surface area (Å²) in [5.74, 6) is 1.09. The van der Waals surface area contributed by atoms with Gasteiger partial charge in [0.25, 0.3) is 0 Å². The van der Waals surface area contributed by atoms with Crippen molar-refractivity contribution in [2.75, 3.05) is 24.2 Å². The second-order valence-electron chi connectivity index (χ2n) is 3.87. The van der Waals surface area contributed by atoms with Crippen molar-refractivity contribution in [3.8, 4) is 0 Å². The Morgan fingerprint density at radius 3 is 2.80 bits per heavy atom. The molecule has 1 aromatic heterocycles. The van der Waals surface area contributed by atoms with Crippen LogP contribution in [0.25, 0.3) is 0 Å². The van der Waals surface area contributed by atoms with Crippen molar-refractivity contribution in [3.05, 3.63) is 18.3 Å². The van der Waals surface area contributed by atoms with E-state index in [0.717, 1.165) is 11.5 Å². The van der Waals surface area contributed by atoms with Crippen molar-refractivity contribution >= 4 is 11.5 Å². The molecule has 0 saturated carbocycles. The highest BCUT2D eigenvalue weighted by atomic mass is 16.3. The Morgan fingerprint density at radius 2 is 2.20 bits per heavy atom. The SMILES string of the molecule is CNc1cc(NCC(O)C(C)C)ccn1. The topological polar surface area (TPSA) is 57.2 Å². The van der Waals surface area contributed by atoms with Gasteiger partial charge in [0.15, 0.2) is 0 Å². The molecule has 0 saturated heterocycles. The van der Waals surface area contributed by atoms with Crippen LogP contribution in [0.2, 0.25) is 0 Å². The van der Waals surface area contributed by atoms with Crippen LogP contribution in [0.3, 0.4) is 0 Å². The maximum absolute atomic E-state index is 9.62. The molecule has 0 aromatic carbocycles. The molecule has 15 heavy (non-hydrogen) atoms. The van der Waals surface area contributed by atoms with Gasteiger partial charge in [0.05, 0.1) is 6.10 Å². The summed E-state index contributed by atoms with van der Waals surface area (Å²) in [6, 6.07) is 3.79. The van der Waals surface area contributed by atoms with Crippen LogP contribution < -0.4 is 10.6 Å². The third kappa shape index (κ3) is 3.75. The first kappa shape index (κ1) is 11.8. The molecule has 4 nitrogen and oxygen atoms in total. The standard InChI is InChI=1S/C11H19N3O/c1-8(2)10(15)7-14-9-4-5-13-11(6-9)12-3/h4-6,8,10,15H,7H2,1-3H3,(H2,12,13,14). The van der Waals surface area contributed by atoms with Crippen LogP contribution in [0.5, 0.6) is 0 Å². The summed E-state index contributed by atoms with van der Waals surface area (Å²) in [6.07, 6.45) is 1.41. The molecule has 0 bridgehead atoms. The van der Waals surface area contributed by atoms with Gasteiger partial charge < -0.3 is 15.7 Å². The molecule has 3 N–H and O–H groups in total. The summed E-state index contributed by atoms with van der Waals surface area (Å²) in [6.45, 7) is 4.56. The van der Waals surface area contributed by atoms with Crippen LogP contribution in [0.15, 0.2) is 18.3 Å². The van der Waals surface area contributed by atoms with Gasteiger partial charge >= 0.3 is 0 Å². The summed E-state index contributed by atoms with van der Waals surface area (Å²) in [7, 11) is 1.83. The number of anilines is 2. The molecule has 0 aliphatic heterocycles. The van der Waals surface area contributed by atoms with E-state index < -0.39 is 0 Å². The van der Waals surface area contributed by atoms with E-state index in [-0.39, 0.29) is 12.0 Å². The van der Waals surface area contributed by atoms with Gasteiger partial charge in [0.1, 0.15) is 5.82 Å². The zero-order valence-corrected chi connectivity index (χ0v) is 9.49. The van der Waals surface area contributed by atoms with Gasteiger partial charge in [0, 0.05) is 31.5 Å². The van der Waals surface area contributed by atoms with E-state index in [0.29, 0.717) is 6.54 Å². The maximum Gasteiger partial charge on any atom is 0.127 e. The minimum atomic E-state index is -0.323. The number of aliphatic hydroxyl groups is 1. The lowest BCUT2D eigenvalue weighted by atomic mass is 10.1. The fourth-order valence-electron chi connectivity index (χ4n) is 1.14. The van der Waals surface area contributed by atoms with Crippen LogP contribution >= 0.6 is 0 Å². The first-order valence-electron chi connectivity index (χ1n) is 5.19. The van der Waals surface area contributed by atoms with Crippen LogP contribution in [0.1, 0.15) is 13.8 Å². The number of nitrogens with zero attached hydrogens (tertiary/aromatic N) is 1. The third-order valence-electron chi connectivity index (χ3n) is 2.30. The Balaban J connectivity index is 2.50. The molecule has 0 aliphatic rings. The Hall–Kier alpha value is -1.29. The zero-order valence-electron chi connectivity index (χ0n) is 9.49. The lowest BCUT2D eigenvalue weighted by molar-refractivity contribution is 0.138. The van der Waals surface area contributed by atoms with E-state index in [1.54, 1.807) is 6.20 Å². The molecular weight excluding hydrogens is 190 g/mol. The van der Waals surface area contributed by atoms with Gasteiger partial charge in [-0.2, -0.15) is 0 Å². The Kier molecular flexibility index (Phi) is 4.37. The molecule has 0 spiro atoms. The quantitative estimate of drug-likeness (QED) is 0.688. The van der Waals surface area contributed by atoms with Gasteiger partial charge in [-0.1, -0.05) is 13.8 Å². The molecule has 84 valence electrons. The highest BCUT2D eigenvalue weighted by molar-refractivity contribution is 5.51. The molecule has 0 aliphatic carbocycles. The minimum Gasteiger partial charge on any atom is -0.391 e. The zero-order chi connectivity index (χ0) is 11.3. The van der Waals surface area contributed by atoms with Gasteiger partial charge in [-0.05, 0) is 12.0 Å². The van der Waals surface area contributed by atoms with Gasteiger partial charge in [-0.25, -0.2) is 4.98 Å². The van der Waals surface area contributed by atoms with E-state index >= 15 is 0 Å². The minimum absolute atomic E-state index is 0.267. The second kappa shape index (κ2) is 5.56. The Morgan fingerprint density at radius 1 is 1.47 bits per heavy atom. The summed E-state index contributed by atoms with van der Waals surface area (Å²) in [5.41, 5.74) is 0.967. The smallest absolute Gasteiger partial charge is 0.127 e. The fraction of sp³-hybridized carbons (Fsp3) is 0.545. The molecule has 0 fully saturated rings. The summed E-state index contributed by atoms with van der Waals surface area (Å²) in [5, 5.41) is 15.8. The fourth-order valence-corrected chi connectivity index (χ4v) is 1.14. The average Bonchev–Trinajstić information content (AvgIpc) is 2.26. The molecule has 1 unspecified atom stereocenters. The van der Waals surface area contributed by atoms with Gasteiger partial charge in [-0.3, -0.25) is 0 Å². The monoisotopic (exact) mass is 209 g/mol. The maximum atomic E-state index is 9.62. The molecule has 0 amide bonds. The van der Waals surface area contributed by atoms with E-state index in [9.17, 15) is 5.11 Å². The molecule has 1 rings (SSSR count). The largest absolute Gasteiger partial charge is 0.391 e. The van der Waals surface area contributed by atoms with Crippen LogP contribution in [0.4, 0.5) is 11.5 Å². The number of rotatable bonds is 5. The summed E-state index contributed by atoms with van der Waals surface area (Å²) in [4.78, 5) is 4.11. The predicted octanol–water partition coefficient (Wildman–Crippen LogP) is 1.55. The summed E-state index contributed by atoms with van der Waals surface area (Å²) >= 11 is 0. The van der Waals surface area contributed by atoms with Gasteiger partial charge in [-0.15, -0.1) is 0 Å². The molecule has 1 aromatic rings. The summed E-state index contributed by atoms with van der Waals surface area (Å²) < 4.78 is 0. The van der Waals surface area contributed by atoms with Gasteiger partial charge in [0.2, 0.25) is 0 Å². The third-order valence-corrected chi connectivity index (χ3v) is 2.30. The first-order valence-corrected chi connectivity index (χ1v) is 5.19. The second-order valence-corrected chi connectivity index (χ2v) is 3.87. The first-order chi connectivity index (χ1) is 7.13. The number of hydrogen-bond donors (Lipinski definition) is 3. The Bertz CT molecular complexity index is 302. The highest BCUT2D eigenvalue weighted by Crippen LogP contribution is 2.12. The Labute approximate surface area is 90.7 Å². The molecule has 1 atom stereocenters. The van der Waals surface area contributed by atoms with E-state index in [1.165, 1.54) is 0 Å². The normalized spacial score (nSPS) is 12.6. The van der Waals surface area contributed by atoms with Crippen molar-refractivity contribution in [2.45, 2.75) is 20.0 Å². The molecule has 1 heterocycles. The molecular formula is C11H19N3O. The number of hydrogen-bond acceptors (Lipinski definition) is 4. The van der Waals surface area contributed by atoms with E-state index in [2.05, 4.69) is 15.6 Å². The van der Waals surface area contributed by atoms with Crippen LogP contribution in [-0.4, -0.2) is 29.8 Å². The number of nitrogens with one attached hydrogen (secondary N) is 2. The number of aliphatic hydroxyl groups excluding tert-OH is 1. The molecule has 0 radical (unpaired) electrons. The van der Waals surface area contributed by atoms with Crippen molar-refractivity contribution < 1.29 is 5.11 Å². The average molecular weight is 209 g/mol. The molecule has 4 heteroatoms. The number of aromatic nitrogens is 1. The van der Waals surface area contributed by atoms with Crippen LogP contribution in [-0.2, 0) is 0 Å². The van der Waals surface area contributed by atoms with Crippen molar-refractivity contribution in [3.63, 3.8) is 0 Å². The predicted molar refractivity (Wildman–Crippen MR) is 63.1 cm³/mol. The highest BCUT2D eigenvalue weighted by Gasteiger charge is 2.08.